The number of aromatic nitrogens is 2. The van der Waals surface area contributed by atoms with Gasteiger partial charge in [-0.3, -0.25) is 4.79 Å². The molecule has 0 aliphatic carbocycles. The molecule has 7 heteroatoms. The number of hydrogen-bond donors (Lipinski definition) is 1. The first kappa shape index (κ1) is 14.9. The maximum Gasteiger partial charge on any atom is 0.227 e. The Labute approximate surface area is 133 Å². The minimum atomic E-state index is 0.167. The first-order chi connectivity index (χ1) is 10.7. The number of anilines is 3. The normalized spacial score (nSPS) is 14.1. The van der Waals surface area contributed by atoms with E-state index in [1.54, 1.807) is 12.0 Å². The van der Waals surface area contributed by atoms with Gasteiger partial charge < -0.3 is 15.0 Å². The fourth-order valence-corrected chi connectivity index (χ4v) is 3.09. The smallest absolute Gasteiger partial charge is 0.227 e. The number of fused-ring (bicyclic) bond motifs is 1. The van der Waals surface area contributed by atoms with E-state index in [1.165, 1.54) is 17.1 Å². The topological polar surface area (TPSA) is 67.3 Å². The van der Waals surface area contributed by atoms with Crippen molar-refractivity contribution in [2.24, 2.45) is 0 Å². The van der Waals surface area contributed by atoms with Gasteiger partial charge in [0.15, 0.2) is 0 Å². The molecule has 0 unspecified atom stereocenters. The van der Waals surface area contributed by atoms with Crippen LogP contribution in [0.1, 0.15) is 17.8 Å². The Balaban J connectivity index is 1.73. The third-order valence-electron chi connectivity index (χ3n) is 3.67. The first-order valence-electron chi connectivity index (χ1n) is 7.15. The Hall–Kier alpha value is -1.99. The van der Waals surface area contributed by atoms with Crippen LogP contribution >= 0.6 is 11.5 Å². The molecule has 116 valence electrons. The van der Waals surface area contributed by atoms with Gasteiger partial charge in [-0.15, -0.1) is 0 Å². The molecule has 0 bridgehead atoms. The molecular weight excluding hydrogens is 300 g/mol. The van der Waals surface area contributed by atoms with Crippen LogP contribution < -0.4 is 10.2 Å². The molecule has 6 nitrogen and oxygen atoms in total. The van der Waals surface area contributed by atoms with Crippen LogP contribution in [0.3, 0.4) is 0 Å². The molecule has 1 aromatic carbocycles. The highest BCUT2D eigenvalue weighted by Gasteiger charge is 2.20. The van der Waals surface area contributed by atoms with Gasteiger partial charge in [0.1, 0.15) is 5.82 Å². The largest absolute Gasteiger partial charge is 0.384 e. The van der Waals surface area contributed by atoms with Gasteiger partial charge in [0.2, 0.25) is 11.0 Å². The lowest BCUT2D eigenvalue weighted by Gasteiger charge is -2.26. The number of carbonyl (C=O) groups is 1. The molecule has 0 spiro atoms. The van der Waals surface area contributed by atoms with E-state index in [9.17, 15) is 4.79 Å². The van der Waals surface area contributed by atoms with Crippen LogP contribution in [0.4, 0.5) is 16.5 Å². The summed E-state index contributed by atoms with van der Waals surface area (Å²) >= 11 is 1.34. The molecule has 22 heavy (non-hydrogen) atoms. The molecule has 0 saturated carbocycles. The number of rotatable bonds is 5. The van der Waals surface area contributed by atoms with E-state index in [1.807, 2.05) is 19.2 Å². The molecule has 2 heterocycles. The van der Waals surface area contributed by atoms with E-state index in [0.717, 1.165) is 28.8 Å². The van der Waals surface area contributed by atoms with Gasteiger partial charge >= 0.3 is 0 Å². The Bertz CT molecular complexity index is 686. The van der Waals surface area contributed by atoms with Gasteiger partial charge in [-0.25, -0.2) is 4.98 Å². The number of amides is 1. The maximum absolute atomic E-state index is 11.7. The number of ether oxygens (including phenoxy) is 1. The minimum Gasteiger partial charge on any atom is -0.384 e. The number of nitrogens with zero attached hydrogens (tertiary/aromatic N) is 3. The average Bonchev–Trinajstić information content (AvgIpc) is 2.96. The highest BCUT2D eigenvalue weighted by molar-refractivity contribution is 7.09. The lowest BCUT2D eigenvalue weighted by Crippen LogP contribution is -2.30. The van der Waals surface area contributed by atoms with Crippen LogP contribution in [0, 0.1) is 0 Å². The zero-order valence-electron chi connectivity index (χ0n) is 12.6. The van der Waals surface area contributed by atoms with Crippen molar-refractivity contribution in [1.29, 1.82) is 0 Å². The Morgan fingerprint density at radius 3 is 3.09 bits per heavy atom. The first-order valence-corrected chi connectivity index (χ1v) is 7.93. The molecule has 1 amide bonds. The molecule has 1 aromatic heterocycles. The summed E-state index contributed by atoms with van der Waals surface area (Å²) in [6.45, 7) is 0.620. The monoisotopic (exact) mass is 318 g/mol. The standard InChI is InChI=1S/C15H18N4O2S/c1-19-12-5-4-11(9-10(12)3-6-14(19)20)16-15-17-13(18-22-15)7-8-21-2/h4-5,9H,3,6-8H2,1-2H3,(H,16,17,18). The van der Waals surface area contributed by atoms with Gasteiger partial charge in [0, 0.05) is 49.9 Å². The summed E-state index contributed by atoms with van der Waals surface area (Å²) in [7, 11) is 3.49. The number of nitrogens with one attached hydrogen (secondary N) is 1. The third-order valence-corrected chi connectivity index (χ3v) is 4.34. The molecule has 0 atom stereocenters. The highest BCUT2D eigenvalue weighted by Crippen LogP contribution is 2.30. The predicted molar refractivity (Wildman–Crippen MR) is 86.9 cm³/mol. The second kappa shape index (κ2) is 6.41. The SMILES string of the molecule is COCCc1nsc(Nc2ccc3c(c2)CCC(=O)N3C)n1. The average molecular weight is 318 g/mol. The van der Waals surface area contributed by atoms with E-state index < -0.39 is 0 Å². The minimum absolute atomic E-state index is 0.167. The fourth-order valence-electron chi connectivity index (χ4n) is 2.46. The van der Waals surface area contributed by atoms with E-state index in [2.05, 4.69) is 20.7 Å². The van der Waals surface area contributed by atoms with Crippen LogP contribution in [-0.2, 0) is 22.4 Å². The summed E-state index contributed by atoms with van der Waals surface area (Å²) < 4.78 is 9.32. The number of methoxy groups -OCH3 is 1. The van der Waals surface area contributed by atoms with Gasteiger partial charge in [-0.2, -0.15) is 4.37 Å². The van der Waals surface area contributed by atoms with Crippen molar-refractivity contribution in [3.63, 3.8) is 0 Å². The molecule has 0 radical (unpaired) electrons. The summed E-state index contributed by atoms with van der Waals surface area (Å²) in [5.74, 6) is 0.956. The van der Waals surface area contributed by atoms with Crippen LogP contribution in [0.15, 0.2) is 18.2 Å². The lowest BCUT2D eigenvalue weighted by molar-refractivity contribution is -0.118. The quantitative estimate of drug-likeness (QED) is 0.917. The predicted octanol–water partition coefficient (Wildman–Crippen LogP) is 2.38. The Morgan fingerprint density at radius 1 is 1.41 bits per heavy atom. The molecule has 1 aliphatic rings. The van der Waals surface area contributed by atoms with Gasteiger partial charge in [-0.05, 0) is 30.2 Å². The molecule has 3 rings (SSSR count). The third kappa shape index (κ3) is 3.10. The molecule has 2 aromatic rings. The van der Waals surface area contributed by atoms with Crippen molar-refractivity contribution in [2.45, 2.75) is 19.3 Å². The maximum atomic E-state index is 11.7. The number of benzene rings is 1. The lowest BCUT2D eigenvalue weighted by atomic mass is 10.0. The van der Waals surface area contributed by atoms with Crippen molar-refractivity contribution in [3.05, 3.63) is 29.6 Å². The molecule has 0 fully saturated rings. The summed E-state index contributed by atoms with van der Waals surface area (Å²) in [4.78, 5) is 17.9. The van der Waals surface area contributed by atoms with Crippen molar-refractivity contribution in [1.82, 2.24) is 9.36 Å². The van der Waals surface area contributed by atoms with Crippen LogP contribution in [0.25, 0.3) is 0 Å². The van der Waals surface area contributed by atoms with Crippen molar-refractivity contribution < 1.29 is 9.53 Å². The van der Waals surface area contributed by atoms with Gasteiger partial charge in [-0.1, -0.05) is 0 Å². The number of hydrogen-bond acceptors (Lipinski definition) is 6. The van der Waals surface area contributed by atoms with Crippen LogP contribution in [0.5, 0.6) is 0 Å². The zero-order valence-corrected chi connectivity index (χ0v) is 13.4. The summed E-state index contributed by atoms with van der Waals surface area (Å²) in [5, 5.41) is 4.05. The van der Waals surface area contributed by atoms with E-state index in [-0.39, 0.29) is 5.91 Å². The molecule has 1 N–H and O–H groups in total. The van der Waals surface area contributed by atoms with Gasteiger partial charge in [0.05, 0.1) is 6.61 Å². The second-order valence-corrected chi connectivity index (χ2v) is 5.93. The van der Waals surface area contributed by atoms with E-state index in [0.29, 0.717) is 19.4 Å². The van der Waals surface area contributed by atoms with Gasteiger partial charge in [0.25, 0.3) is 0 Å². The van der Waals surface area contributed by atoms with Crippen LogP contribution in [-0.4, -0.2) is 36.0 Å². The molecule has 1 aliphatic heterocycles. The second-order valence-electron chi connectivity index (χ2n) is 5.18. The summed E-state index contributed by atoms with van der Waals surface area (Å²) in [5.41, 5.74) is 3.13. The fraction of sp³-hybridized carbons (Fsp3) is 0.400. The number of aryl methyl sites for hydroxylation is 1. The Morgan fingerprint density at radius 2 is 2.27 bits per heavy atom. The van der Waals surface area contributed by atoms with Crippen molar-refractivity contribution >= 4 is 33.9 Å². The van der Waals surface area contributed by atoms with Crippen molar-refractivity contribution in [2.75, 3.05) is 31.0 Å². The highest BCUT2D eigenvalue weighted by atomic mass is 32.1. The van der Waals surface area contributed by atoms with Crippen molar-refractivity contribution in [3.8, 4) is 0 Å². The Kier molecular flexibility index (Phi) is 4.35. The van der Waals surface area contributed by atoms with E-state index in [4.69, 9.17) is 4.74 Å². The molecular formula is C15H18N4O2S. The van der Waals surface area contributed by atoms with Crippen LogP contribution in [0.2, 0.25) is 0 Å². The zero-order chi connectivity index (χ0) is 15.5. The van der Waals surface area contributed by atoms with E-state index >= 15 is 0 Å². The summed E-state index contributed by atoms with van der Waals surface area (Å²) in [6.07, 6.45) is 2.06. The summed E-state index contributed by atoms with van der Waals surface area (Å²) in [6, 6.07) is 6.01. The molecule has 0 saturated heterocycles. The number of carbonyl (C=O) groups excluding carboxylic acids is 1.